The first-order chi connectivity index (χ1) is 10.3. The van der Waals surface area contributed by atoms with Crippen LogP contribution in [0.4, 0.5) is 0 Å². The third-order valence-corrected chi connectivity index (χ3v) is 4.87. The van der Waals surface area contributed by atoms with E-state index in [9.17, 15) is 0 Å². The maximum atomic E-state index is 2.50. The van der Waals surface area contributed by atoms with E-state index in [1.54, 1.807) is 0 Å². The highest BCUT2D eigenvalue weighted by Gasteiger charge is 2.32. The molecule has 0 amide bonds. The monoisotopic (exact) mass is 272 g/mol. The Bertz CT molecular complexity index is 827. The zero-order valence-corrected chi connectivity index (χ0v) is 12.5. The van der Waals surface area contributed by atoms with Crippen LogP contribution >= 0.6 is 0 Å². The summed E-state index contributed by atoms with van der Waals surface area (Å²) in [7, 11) is 0. The van der Waals surface area contributed by atoms with Gasteiger partial charge in [0.15, 0.2) is 0 Å². The maximum absolute atomic E-state index is 2.50. The average molecular weight is 272 g/mol. The second-order valence-electron chi connectivity index (χ2n) is 6.19. The third kappa shape index (κ3) is 1.90. The molecule has 0 aromatic heterocycles. The van der Waals surface area contributed by atoms with Crippen LogP contribution in [0.5, 0.6) is 0 Å². The SMILES string of the molecule is CCCC1(C2=CC=CC2)C=CC2=c3ccccc3=CC2=C1. The number of allylic oxidation sites excluding steroid dienone is 8. The summed E-state index contributed by atoms with van der Waals surface area (Å²) in [6, 6.07) is 8.71. The van der Waals surface area contributed by atoms with Crippen molar-refractivity contribution in [2.24, 2.45) is 5.41 Å². The molecule has 1 aromatic carbocycles. The van der Waals surface area contributed by atoms with E-state index >= 15 is 0 Å². The number of benzene rings is 1. The predicted molar refractivity (Wildman–Crippen MR) is 90.0 cm³/mol. The van der Waals surface area contributed by atoms with Crippen molar-refractivity contribution >= 4 is 11.6 Å². The predicted octanol–water partition coefficient (Wildman–Crippen LogP) is 3.80. The summed E-state index contributed by atoms with van der Waals surface area (Å²) in [4.78, 5) is 0. The van der Waals surface area contributed by atoms with Crippen LogP contribution in [-0.4, -0.2) is 0 Å². The lowest BCUT2D eigenvalue weighted by Crippen LogP contribution is -2.23. The van der Waals surface area contributed by atoms with Gasteiger partial charge >= 0.3 is 0 Å². The number of rotatable bonds is 3. The molecule has 1 unspecified atom stereocenters. The highest BCUT2D eigenvalue weighted by atomic mass is 14.4. The van der Waals surface area contributed by atoms with Crippen LogP contribution in [0, 0.1) is 5.41 Å². The minimum atomic E-state index is 0.121. The normalized spacial score (nSPS) is 25.3. The molecule has 4 rings (SSSR count). The van der Waals surface area contributed by atoms with E-state index in [0.29, 0.717) is 0 Å². The summed E-state index contributed by atoms with van der Waals surface area (Å²) >= 11 is 0. The molecule has 0 heteroatoms. The fourth-order valence-electron chi connectivity index (χ4n) is 3.85. The van der Waals surface area contributed by atoms with Gasteiger partial charge in [-0.25, -0.2) is 0 Å². The smallest absolute Gasteiger partial charge is 0.0289 e. The second kappa shape index (κ2) is 4.73. The number of hydrogen-bond acceptors (Lipinski definition) is 0. The van der Waals surface area contributed by atoms with Gasteiger partial charge in [-0.3, -0.25) is 0 Å². The van der Waals surface area contributed by atoms with Crippen molar-refractivity contribution in [1.82, 2.24) is 0 Å². The number of hydrogen-bond donors (Lipinski definition) is 0. The molecule has 3 aliphatic rings. The lowest BCUT2D eigenvalue weighted by atomic mass is 9.71. The summed E-state index contributed by atoms with van der Waals surface area (Å²) in [5, 5.41) is 2.73. The zero-order chi connectivity index (χ0) is 14.3. The van der Waals surface area contributed by atoms with Gasteiger partial charge in [-0.1, -0.05) is 79.6 Å². The number of fused-ring (bicyclic) bond motifs is 2. The van der Waals surface area contributed by atoms with Crippen LogP contribution in [-0.2, 0) is 0 Å². The van der Waals surface area contributed by atoms with Crippen LogP contribution in [0.2, 0.25) is 0 Å². The topological polar surface area (TPSA) is 0 Å². The fraction of sp³-hybridized carbons (Fsp3) is 0.238. The van der Waals surface area contributed by atoms with E-state index in [2.05, 4.69) is 73.7 Å². The highest BCUT2D eigenvalue weighted by molar-refractivity contribution is 5.89. The zero-order valence-electron chi connectivity index (χ0n) is 12.5. The molecule has 21 heavy (non-hydrogen) atoms. The van der Waals surface area contributed by atoms with Gasteiger partial charge in [0.05, 0.1) is 0 Å². The molecule has 1 atom stereocenters. The minimum Gasteiger partial charge on any atom is -0.0804 e. The van der Waals surface area contributed by atoms with Gasteiger partial charge in [-0.2, -0.15) is 0 Å². The molecular formula is C21H20. The average Bonchev–Trinajstić information content (AvgIpc) is 3.15. The first-order valence-electron chi connectivity index (χ1n) is 7.92. The second-order valence-corrected chi connectivity index (χ2v) is 6.19. The standard InChI is InChI=1S/C21H20/c1-2-12-21(18-8-4-5-9-18)13-11-20-17(15-21)14-16-7-3-6-10-19(16)20/h3-8,10-11,13-15H,2,9,12H2,1H3. The van der Waals surface area contributed by atoms with E-state index in [0.717, 1.165) is 6.42 Å². The van der Waals surface area contributed by atoms with E-state index in [-0.39, 0.29) is 5.41 Å². The summed E-state index contributed by atoms with van der Waals surface area (Å²) in [5.41, 5.74) is 4.45. The molecule has 0 saturated carbocycles. The Morgan fingerprint density at radius 2 is 2.10 bits per heavy atom. The molecule has 0 aliphatic heterocycles. The van der Waals surface area contributed by atoms with E-state index in [4.69, 9.17) is 0 Å². The van der Waals surface area contributed by atoms with Gasteiger partial charge < -0.3 is 0 Å². The van der Waals surface area contributed by atoms with Gasteiger partial charge in [0.1, 0.15) is 0 Å². The minimum absolute atomic E-state index is 0.121. The van der Waals surface area contributed by atoms with Crippen molar-refractivity contribution in [2.75, 3.05) is 0 Å². The van der Waals surface area contributed by atoms with Crippen molar-refractivity contribution in [1.29, 1.82) is 0 Å². The Hall–Kier alpha value is -2.08. The van der Waals surface area contributed by atoms with Crippen molar-refractivity contribution in [3.05, 3.63) is 82.3 Å². The van der Waals surface area contributed by atoms with Gasteiger partial charge in [-0.15, -0.1) is 0 Å². The Kier molecular flexibility index (Phi) is 2.85. The Balaban J connectivity index is 1.88. The van der Waals surface area contributed by atoms with Crippen LogP contribution in [0.15, 0.2) is 71.9 Å². The van der Waals surface area contributed by atoms with Gasteiger partial charge in [-0.05, 0) is 40.5 Å². The first kappa shape index (κ1) is 12.6. The van der Waals surface area contributed by atoms with Gasteiger partial charge in [0.25, 0.3) is 0 Å². The van der Waals surface area contributed by atoms with Crippen molar-refractivity contribution in [3.63, 3.8) is 0 Å². The maximum Gasteiger partial charge on any atom is 0.0289 e. The molecule has 104 valence electrons. The molecule has 0 saturated heterocycles. The Morgan fingerprint density at radius 1 is 1.19 bits per heavy atom. The summed E-state index contributed by atoms with van der Waals surface area (Å²) < 4.78 is 0. The Morgan fingerprint density at radius 3 is 2.90 bits per heavy atom. The van der Waals surface area contributed by atoms with Crippen molar-refractivity contribution in [2.45, 2.75) is 26.2 Å². The lowest BCUT2D eigenvalue weighted by molar-refractivity contribution is 0.511. The molecule has 1 aromatic rings. The summed E-state index contributed by atoms with van der Waals surface area (Å²) in [6.45, 7) is 2.28. The molecule has 0 nitrogen and oxygen atoms in total. The van der Waals surface area contributed by atoms with Crippen LogP contribution in [0.1, 0.15) is 26.2 Å². The largest absolute Gasteiger partial charge is 0.0804 e. The molecule has 3 aliphatic carbocycles. The quantitative estimate of drug-likeness (QED) is 0.785. The van der Waals surface area contributed by atoms with E-state index < -0.39 is 0 Å². The molecular weight excluding hydrogens is 252 g/mol. The van der Waals surface area contributed by atoms with Crippen LogP contribution < -0.4 is 10.4 Å². The summed E-state index contributed by atoms with van der Waals surface area (Å²) in [5.74, 6) is 0. The fourth-order valence-corrected chi connectivity index (χ4v) is 3.85. The molecule has 0 bridgehead atoms. The van der Waals surface area contributed by atoms with E-state index in [1.165, 1.54) is 40.0 Å². The lowest BCUT2D eigenvalue weighted by Gasteiger charge is -2.32. The molecule has 0 fully saturated rings. The highest BCUT2D eigenvalue weighted by Crippen LogP contribution is 2.45. The molecule has 0 spiro atoms. The van der Waals surface area contributed by atoms with Crippen LogP contribution in [0.25, 0.3) is 11.6 Å². The van der Waals surface area contributed by atoms with Crippen LogP contribution in [0.3, 0.4) is 0 Å². The Labute approximate surface area is 126 Å². The third-order valence-electron chi connectivity index (χ3n) is 4.87. The molecule has 0 radical (unpaired) electrons. The van der Waals surface area contributed by atoms with E-state index in [1.807, 2.05) is 0 Å². The van der Waals surface area contributed by atoms with Crippen molar-refractivity contribution in [3.8, 4) is 0 Å². The van der Waals surface area contributed by atoms with Gasteiger partial charge in [0.2, 0.25) is 0 Å². The van der Waals surface area contributed by atoms with Crippen molar-refractivity contribution < 1.29 is 0 Å². The van der Waals surface area contributed by atoms with Gasteiger partial charge in [0, 0.05) is 5.41 Å². The molecule has 0 N–H and O–H groups in total. The summed E-state index contributed by atoms with van der Waals surface area (Å²) in [6.07, 6.45) is 19.9. The molecule has 0 heterocycles. The first-order valence-corrected chi connectivity index (χ1v) is 7.92.